The minimum atomic E-state index is -0.479. The van der Waals surface area contributed by atoms with Gasteiger partial charge in [-0.15, -0.1) is 0 Å². The summed E-state index contributed by atoms with van der Waals surface area (Å²) in [5.41, 5.74) is 6.48. The lowest BCUT2D eigenvalue weighted by Gasteiger charge is -2.04. The van der Waals surface area contributed by atoms with Crippen LogP contribution in [0.25, 0.3) is 6.08 Å². The lowest BCUT2D eigenvalue weighted by Crippen LogP contribution is -2.40. The summed E-state index contributed by atoms with van der Waals surface area (Å²) in [5, 5.41) is 4.87. The molecule has 7 nitrogen and oxygen atoms in total. The Balaban J connectivity index is 1.96. The Morgan fingerprint density at radius 2 is 2.04 bits per heavy atom. The van der Waals surface area contributed by atoms with E-state index in [-0.39, 0.29) is 0 Å². The first-order valence-corrected chi connectivity index (χ1v) is 8.79. The Labute approximate surface area is 157 Å². The van der Waals surface area contributed by atoms with Gasteiger partial charge in [0.05, 0.1) is 11.3 Å². The van der Waals surface area contributed by atoms with E-state index < -0.39 is 11.8 Å². The molecule has 2 aromatic heterocycles. The van der Waals surface area contributed by atoms with Crippen LogP contribution in [0.4, 0.5) is 0 Å². The monoisotopic (exact) mass is 378 g/mol. The summed E-state index contributed by atoms with van der Waals surface area (Å²) in [5.74, 6) is 0.200. The lowest BCUT2D eigenvalue weighted by atomic mass is 10.2. The molecule has 0 saturated heterocycles. The average Bonchev–Trinajstić information content (AvgIpc) is 3.07. The second-order valence-electron chi connectivity index (χ2n) is 5.97. The van der Waals surface area contributed by atoms with Gasteiger partial charge in [0, 0.05) is 18.2 Å². The first-order valence-electron chi connectivity index (χ1n) is 8.41. The van der Waals surface area contributed by atoms with Crippen molar-refractivity contribution in [3.8, 4) is 0 Å². The van der Waals surface area contributed by atoms with E-state index in [1.807, 2.05) is 6.92 Å². The van der Waals surface area contributed by atoms with Crippen LogP contribution in [-0.4, -0.2) is 21.6 Å². The zero-order chi connectivity index (χ0) is 19.3. The van der Waals surface area contributed by atoms with Crippen LogP contribution in [0, 0.1) is 20.8 Å². The lowest BCUT2D eigenvalue weighted by molar-refractivity contribution is -0.117. The first kappa shape index (κ1) is 19.8. The van der Waals surface area contributed by atoms with Gasteiger partial charge in [-0.3, -0.25) is 25.1 Å². The first-order chi connectivity index (χ1) is 12.3. The van der Waals surface area contributed by atoms with Gasteiger partial charge in [0.1, 0.15) is 16.7 Å². The molecule has 2 aromatic rings. The summed E-state index contributed by atoms with van der Waals surface area (Å²) >= 11 is 6.31. The van der Waals surface area contributed by atoms with Crippen molar-refractivity contribution in [3.05, 3.63) is 45.6 Å². The quantitative estimate of drug-likeness (QED) is 0.596. The molecule has 140 valence electrons. The van der Waals surface area contributed by atoms with Crippen LogP contribution in [0.15, 0.2) is 16.6 Å². The maximum atomic E-state index is 12.0. The number of hydrogen-bond donors (Lipinski definition) is 2. The molecule has 0 aliphatic heterocycles. The van der Waals surface area contributed by atoms with Gasteiger partial charge < -0.3 is 4.42 Å². The van der Waals surface area contributed by atoms with Crippen molar-refractivity contribution in [1.82, 2.24) is 20.6 Å². The van der Waals surface area contributed by atoms with Crippen LogP contribution in [0.5, 0.6) is 0 Å². The fourth-order valence-corrected chi connectivity index (χ4v) is 2.78. The van der Waals surface area contributed by atoms with E-state index in [9.17, 15) is 9.59 Å². The molecule has 2 rings (SSSR count). The minimum Gasteiger partial charge on any atom is -0.466 e. The predicted octanol–water partition coefficient (Wildman–Crippen LogP) is 3.33. The number of carbonyl (C=O) groups is 2. The zero-order valence-electron chi connectivity index (χ0n) is 15.4. The Morgan fingerprint density at radius 3 is 2.65 bits per heavy atom. The molecule has 0 atom stereocenters. The number of nitrogens with zero attached hydrogens (tertiary/aromatic N) is 2. The fourth-order valence-electron chi connectivity index (χ4n) is 2.46. The Bertz CT molecular complexity index is 836. The van der Waals surface area contributed by atoms with Gasteiger partial charge in [0.2, 0.25) is 0 Å². The van der Waals surface area contributed by atoms with E-state index in [1.54, 1.807) is 30.7 Å². The van der Waals surface area contributed by atoms with Crippen LogP contribution in [0.1, 0.15) is 52.9 Å². The molecular formula is C18H23ClN4O3. The highest BCUT2D eigenvalue weighted by Gasteiger charge is 2.14. The van der Waals surface area contributed by atoms with Gasteiger partial charge in [-0.1, -0.05) is 24.9 Å². The number of carbonyl (C=O) groups excluding carboxylic acids is 2. The van der Waals surface area contributed by atoms with Crippen molar-refractivity contribution in [2.24, 2.45) is 0 Å². The van der Waals surface area contributed by atoms with E-state index in [0.717, 1.165) is 25.1 Å². The van der Waals surface area contributed by atoms with Crippen LogP contribution in [0.3, 0.4) is 0 Å². The van der Waals surface area contributed by atoms with Gasteiger partial charge in [0.25, 0.3) is 11.8 Å². The van der Waals surface area contributed by atoms with E-state index in [1.165, 1.54) is 6.08 Å². The molecule has 0 aliphatic rings. The molecule has 0 spiro atoms. The van der Waals surface area contributed by atoms with Crippen molar-refractivity contribution < 1.29 is 14.0 Å². The fraction of sp³-hybridized carbons (Fsp3) is 0.389. The number of aromatic nitrogens is 2. The van der Waals surface area contributed by atoms with Crippen molar-refractivity contribution in [2.75, 3.05) is 0 Å². The average molecular weight is 379 g/mol. The molecule has 0 radical (unpaired) electrons. The second-order valence-corrected chi connectivity index (χ2v) is 6.33. The summed E-state index contributed by atoms with van der Waals surface area (Å²) < 4.78 is 7.02. The molecule has 0 unspecified atom stereocenters. The minimum absolute atomic E-state index is 0.378. The number of hydrazine groups is 1. The van der Waals surface area contributed by atoms with E-state index in [2.05, 4.69) is 22.9 Å². The standard InChI is InChI=1S/C18H23ClN4O3/c1-5-6-9-23-17(19)14(12(3)22-23)7-8-16(24)20-21-18(25)15-10-11(2)26-13(15)4/h7-8,10H,5-6,9H2,1-4H3,(H,20,24)(H,21,25)/b8-7+. The van der Waals surface area contributed by atoms with Crippen molar-refractivity contribution in [3.63, 3.8) is 0 Å². The van der Waals surface area contributed by atoms with Gasteiger partial charge in [-0.25, -0.2) is 0 Å². The molecule has 2 heterocycles. The maximum Gasteiger partial charge on any atom is 0.273 e. The van der Waals surface area contributed by atoms with E-state index >= 15 is 0 Å². The molecular weight excluding hydrogens is 356 g/mol. The highest BCUT2D eigenvalue weighted by molar-refractivity contribution is 6.31. The Hall–Kier alpha value is -2.54. The van der Waals surface area contributed by atoms with Crippen LogP contribution < -0.4 is 10.9 Å². The molecule has 0 aromatic carbocycles. The van der Waals surface area contributed by atoms with Gasteiger partial charge in [0.15, 0.2) is 0 Å². The summed E-state index contributed by atoms with van der Waals surface area (Å²) in [7, 11) is 0. The molecule has 26 heavy (non-hydrogen) atoms. The summed E-state index contributed by atoms with van der Waals surface area (Å²) in [6.45, 7) is 8.09. The Morgan fingerprint density at radius 1 is 1.31 bits per heavy atom. The highest BCUT2D eigenvalue weighted by Crippen LogP contribution is 2.21. The number of halogens is 1. The van der Waals surface area contributed by atoms with Crippen molar-refractivity contribution in [2.45, 2.75) is 47.1 Å². The number of rotatable bonds is 6. The number of amides is 2. The normalized spacial score (nSPS) is 11.1. The maximum absolute atomic E-state index is 12.0. The topological polar surface area (TPSA) is 89.2 Å². The summed E-state index contributed by atoms with van der Waals surface area (Å²) in [4.78, 5) is 24.0. The molecule has 0 fully saturated rings. The third-order valence-corrected chi connectivity index (χ3v) is 4.22. The number of nitrogens with one attached hydrogen (secondary N) is 2. The van der Waals surface area contributed by atoms with Crippen molar-refractivity contribution >= 4 is 29.5 Å². The van der Waals surface area contributed by atoms with Crippen LogP contribution >= 0.6 is 11.6 Å². The van der Waals surface area contributed by atoms with Gasteiger partial charge in [-0.05, 0) is 39.3 Å². The summed E-state index contributed by atoms with van der Waals surface area (Å²) in [6, 6.07) is 1.61. The second kappa shape index (κ2) is 8.71. The zero-order valence-corrected chi connectivity index (χ0v) is 16.1. The third kappa shape index (κ3) is 4.76. The van der Waals surface area contributed by atoms with E-state index in [4.69, 9.17) is 16.0 Å². The number of furan rings is 1. The molecule has 2 amide bonds. The molecule has 0 saturated carbocycles. The largest absolute Gasteiger partial charge is 0.466 e. The number of aryl methyl sites for hydroxylation is 4. The summed E-state index contributed by atoms with van der Waals surface area (Å²) in [6.07, 6.45) is 4.90. The highest BCUT2D eigenvalue weighted by atomic mass is 35.5. The molecule has 0 bridgehead atoms. The van der Waals surface area contributed by atoms with Crippen molar-refractivity contribution in [1.29, 1.82) is 0 Å². The molecule has 0 aliphatic carbocycles. The van der Waals surface area contributed by atoms with E-state index in [0.29, 0.717) is 27.8 Å². The van der Waals surface area contributed by atoms with Gasteiger partial charge in [-0.2, -0.15) is 5.10 Å². The number of unbranched alkanes of at least 4 members (excludes halogenated alkanes) is 1. The number of hydrogen-bond acceptors (Lipinski definition) is 4. The molecule has 2 N–H and O–H groups in total. The van der Waals surface area contributed by atoms with Crippen LogP contribution in [0.2, 0.25) is 5.15 Å². The predicted molar refractivity (Wildman–Crippen MR) is 99.7 cm³/mol. The third-order valence-electron chi connectivity index (χ3n) is 3.82. The Kier molecular flexibility index (Phi) is 6.63. The van der Waals surface area contributed by atoms with Crippen LogP contribution in [-0.2, 0) is 11.3 Å². The SMILES string of the molecule is CCCCn1nc(C)c(/C=C/C(=O)NNC(=O)c2cc(C)oc2C)c1Cl. The molecule has 8 heteroatoms. The smallest absolute Gasteiger partial charge is 0.273 e. The van der Waals surface area contributed by atoms with Gasteiger partial charge >= 0.3 is 0 Å².